The minimum Gasteiger partial charge on any atom is -0.298 e. The first-order valence-electron chi connectivity index (χ1n) is 9.32. The summed E-state index contributed by atoms with van der Waals surface area (Å²) in [6, 6.07) is 13.6. The molecule has 1 amide bonds. The molecule has 2 aromatic carbocycles. The number of nitrogens with zero attached hydrogens (tertiary/aromatic N) is 4. The number of thioether (sulfide) groups is 1. The molecule has 0 unspecified atom stereocenters. The number of amides is 1. The van der Waals surface area contributed by atoms with Crippen LogP contribution >= 0.6 is 11.8 Å². The highest BCUT2D eigenvalue weighted by molar-refractivity contribution is 8.13. The Balaban J connectivity index is 1.84. The Morgan fingerprint density at radius 3 is 2.86 bits per heavy atom. The van der Waals surface area contributed by atoms with Gasteiger partial charge in [0.1, 0.15) is 5.70 Å². The van der Waals surface area contributed by atoms with E-state index in [-0.39, 0.29) is 11.6 Å². The monoisotopic (exact) mass is 409 g/mol. The van der Waals surface area contributed by atoms with Crippen molar-refractivity contribution in [3.8, 4) is 0 Å². The van der Waals surface area contributed by atoms with E-state index in [2.05, 4.69) is 17.3 Å². The standard InChI is InChI=1S/C20H19N5O3S/c1-2-3-11-29-20-22-19(26)17-15-9-4-5-10-16(15)21-18(24(17)23-20)13-7-6-8-14(12-13)25(27)28/h4-10,12,18H,2-3,11H2,1H3,(H,22,23,26)/t18-/m0/s1. The van der Waals surface area contributed by atoms with Crippen LogP contribution in [0.4, 0.5) is 5.69 Å². The highest BCUT2D eigenvalue weighted by Gasteiger charge is 2.34. The number of benzene rings is 2. The number of hydrogen-bond donors (Lipinski definition) is 1. The topological polar surface area (TPSA) is 100 Å². The van der Waals surface area contributed by atoms with Gasteiger partial charge in [0.25, 0.3) is 11.6 Å². The molecule has 29 heavy (non-hydrogen) atoms. The summed E-state index contributed by atoms with van der Waals surface area (Å²) in [6.45, 7) is 2.10. The zero-order valence-electron chi connectivity index (χ0n) is 15.7. The molecule has 0 radical (unpaired) electrons. The van der Waals surface area contributed by atoms with E-state index < -0.39 is 11.1 Å². The van der Waals surface area contributed by atoms with Crippen LogP contribution in [0.1, 0.15) is 31.5 Å². The number of unbranched alkanes of at least 4 members (excludes halogenated alkanes) is 1. The number of nitro groups is 1. The molecule has 0 aromatic heterocycles. The third-order valence-electron chi connectivity index (χ3n) is 4.63. The molecule has 2 aromatic rings. The average molecular weight is 409 g/mol. The number of para-hydroxylation sites is 1. The molecular formula is C20H19N5O3S. The van der Waals surface area contributed by atoms with Gasteiger partial charge in [0.15, 0.2) is 11.3 Å². The van der Waals surface area contributed by atoms with Gasteiger partial charge in [-0.25, -0.2) is 5.01 Å². The molecule has 0 saturated heterocycles. The predicted molar refractivity (Wildman–Crippen MR) is 111 cm³/mol. The Morgan fingerprint density at radius 2 is 2.07 bits per heavy atom. The van der Waals surface area contributed by atoms with Crippen LogP contribution in [0.15, 0.2) is 58.6 Å². The molecule has 0 fully saturated rings. The summed E-state index contributed by atoms with van der Waals surface area (Å²) in [5, 5.41) is 22.2. The minimum atomic E-state index is -0.660. The molecule has 8 nitrogen and oxygen atoms in total. The lowest BCUT2D eigenvalue weighted by atomic mass is 10.1. The van der Waals surface area contributed by atoms with Crippen molar-refractivity contribution in [2.75, 3.05) is 5.75 Å². The van der Waals surface area contributed by atoms with Gasteiger partial charge in [0.2, 0.25) is 0 Å². The molecule has 2 aliphatic rings. The Bertz CT molecular complexity index is 1130. The number of amidine groups is 1. The molecular weight excluding hydrogens is 390 g/mol. The summed E-state index contributed by atoms with van der Waals surface area (Å²) < 4.78 is 0. The van der Waals surface area contributed by atoms with Crippen LogP contribution in [0.2, 0.25) is 0 Å². The number of hydrogen-bond acceptors (Lipinski definition) is 7. The minimum absolute atomic E-state index is 0.0268. The highest BCUT2D eigenvalue weighted by atomic mass is 32.2. The van der Waals surface area contributed by atoms with Crippen molar-refractivity contribution in [2.24, 2.45) is 10.1 Å². The summed E-state index contributed by atoms with van der Waals surface area (Å²) in [4.78, 5) is 28.5. The largest absolute Gasteiger partial charge is 0.298 e. The second kappa shape index (κ2) is 8.04. The normalized spacial score (nSPS) is 17.6. The summed E-state index contributed by atoms with van der Waals surface area (Å²) in [7, 11) is 0. The first-order chi connectivity index (χ1) is 14.1. The second-order valence-corrected chi connectivity index (χ2v) is 7.71. The maximum absolute atomic E-state index is 13.0. The van der Waals surface area contributed by atoms with Crippen LogP contribution < -0.4 is 15.9 Å². The quantitative estimate of drug-likeness (QED) is 0.464. The van der Waals surface area contributed by atoms with Gasteiger partial charge >= 0.3 is 0 Å². The van der Waals surface area contributed by atoms with E-state index in [9.17, 15) is 14.9 Å². The van der Waals surface area contributed by atoms with Crippen molar-refractivity contribution >= 4 is 34.2 Å². The van der Waals surface area contributed by atoms with E-state index in [4.69, 9.17) is 4.99 Å². The van der Waals surface area contributed by atoms with Gasteiger partial charge in [0.05, 0.1) is 10.3 Å². The summed E-state index contributed by atoms with van der Waals surface area (Å²) in [5.41, 5.74) is 0.968. The Hall–Kier alpha value is -3.20. The molecule has 1 N–H and O–H groups in total. The van der Waals surface area contributed by atoms with Crippen LogP contribution in [-0.2, 0) is 4.79 Å². The smallest absolute Gasteiger partial charge is 0.276 e. The van der Waals surface area contributed by atoms with E-state index >= 15 is 0 Å². The van der Waals surface area contributed by atoms with Crippen molar-refractivity contribution in [2.45, 2.75) is 25.9 Å². The van der Waals surface area contributed by atoms with Gasteiger partial charge in [-0.2, -0.15) is 0 Å². The molecule has 4 rings (SSSR count). The lowest BCUT2D eigenvalue weighted by molar-refractivity contribution is -0.384. The van der Waals surface area contributed by atoms with Gasteiger partial charge in [0, 0.05) is 28.7 Å². The number of rotatable bonds is 5. The van der Waals surface area contributed by atoms with Gasteiger partial charge < -0.3 is 0 Å². The fourth-order valence-corrected chi connectivity index (χ4v) is 4.16. The van der Waals surface area contributed by atoms with Gasteiger partial charge in [-0.15, -0.1) is 5.10 Å². The van der Waals surface area contributed by atoms with E-state index in [1.54, 1.807) is 17.1 Å². The molecule has 2 aliphatic heterocycles. The highest BCUT2D eigenvalue weighted by Crippen LogP contribution is 2.32. The number of carbonyl (C=O) groups is 1. The average Bonchev–Trinajstić information content (AvgIpc) is 2.73. The SMILES string of the molecule is CCCCSC1=NN2C(=c3ccccc3=N[C@@H]2c2cccc([N+](=O)[O-])c2)C(=O)N1. The Kier molecular flexibility index (Phi) is 5.30. The van der Waals surface area contributed by atoms with Gasteiger partial charge in [-0.05, 0) is 12.5 Å². The van der Waals surface area contributed by atoms with E-state index in [0.29, 0.717) is 27.0 Å². The molecule has 1 atom stereocenters. The summed E-state index contributed by atoms with van der Waals surface area (Å²) in [5.74, 6) is 0.588. The molecule has 2 heterocycles. The van der Waals surface area contributed by atoms with Gasteiger partial charge in [-0.3, -0.25) is 25.2 Å². The Morgan fingerprint density at radius 1 is 1.24 bits per heavy atom. The fraction of sp³-hybridized carbons (Fsp3) is 0.250. The fourth-order valence-electron chi connectivity index (χ4n) is 3.22. The van der Waals surface area contributed by atoms with Crippen LogP contribution in [0.25, 0.3) is 5.70 Å². The van der Waals surface area contributed by atoms with Crippen molar-refractivity contribution in [1.82, 2.24) is 10.3 Å². The maximum atomic E-state index is 13.0. The molecule has 0 bridgehead atoms. The second-order valence-electron chi connectivity index (χ2n) is 6.63. The van der Waals surface area contributed by atoms with Crippen molar-refractivity contribution < 1.29 is 9.72 Å². The number of nitro benzene ring substituents is 1. The maximum Gasteiger partial charge on any atom is 0.276 e. The summed E-state index contributed by atoms with van der Waals surface area (Å²) in [6.07, 6.45) is 1.40. The lowest BCUT2D eigenvalue weighted by Crippen LogP contribution is -2.50. The van der Waals surface area contributed by atoms with Crippen LogP contribution in [0.3, 0.4) is 0 Å². The first-order valence-corrected chi connectivity index (χ1v) is 10.3. The zero-order valence-corrected chi connectivity index (χ0v) is 16.6. The van der Waals surface area contributed by atoms with Crippen LogP contribution in [-0.4, -0.2) is 26.8 Å². The van der Waals surface area contributed by atoms with Crippen molar-refractivity contribution in [1.29, 1.82) is 0 Å². The molecule has 0 aliphatic carbocycles. The molecule has 148 valence electrons. The lowest BCUT2D eigenvalue weighted by Gasteiger charge is -2.34. The van der Waals surface area contributed by atoms with Crippen molar-refractivity contribution in [3.05, 3.63) is 74.8 Å². The van der Waals surface area contributed by atoms with Crippen LogP contribution in [0.5, 0.6) is 0 Å². The predicted octanol–water partition coefficient (Wildman–Crippen LogP) is 2.27. The number of non-ortho nitro benzene ring substituents is 1. The van der Waals surface area contributed by atoms with E-state index in [1.807, 2.05) is 24.3 Å². The summed E-state index contributed by atoms with van der Waals surface area (Å²) >= 11 is 1.48. The molecule has 0 spiro atoms. The zero-order chi connectivity index (χ0) is 20.4. The number of fused-ring (bicyclic) bond motifs is 2. The third kappa shape index (κ3) is 3.73. The molecule has 0 saturated carbocycles. The number of carbonyl (C=O) groups excluding carboxylic acids is 1. The Labute approximate surface area is 171 Å². The van der Waals surface area contributed by atoms with Crippen molar-refractivity contribution in [3.63, 3.8) is 0 Å². The first kappa shape index (κ1) is 19.1. The third-order valence-corrected chi connectivity index (χ3v) is 5.58. The number of hydrazone groups is 1. The number of nitrogens with one attached hydrogen (secondary N) is 1. The van der Waals surface area contributed by atoms with Gasteiger partial charge in [-0.1, -0.05) is 55.4 Å². The van der Waals surface area contributed by atoms with E-state index in [1.165, 1.54) is 23.9 Å². The van der Waals surface area contributed by atoms with E-state index in [0.717, 1.165) is 18.6 Å². The molecule has 9 heteroatoms. The van der Waals surface area contributed by atoms with Crippen LogP contribution in [0, 0.1) is 10.1 Å².